The standard InChI is InChI=1S/C15H24N2/c1-11-7-8-14(12(2)9-11)17-15-6-4-3-5-13(15)10-16/h7-9,13,15,17H,3-6,10,16H2,1-2H3. The summed E-state index contributed by atoms with van der Waals surface area (Å²) in [4.78, 5) is 0. The first-order chi connectivity index (χ1) is 8.20. The molecule has 1 aromatic carbocycles. The molecule has 0 aromatic heterocycles. The molecule has 0 aliphatic heterocycles. The minimum atomic E-state index is 0.565. The lowest BCUT2D eigenvalue weighted by atomic mass is 9.84. The van der Waals surface area contributed by atoms with E-state index in [4.69, 9.17) is 5.73 Å². The van der Waals surface area contributed by atoms with Gasteiger partial charge in [0.25, 0.3) is 0 Å². The first-order valence-corrected chi connectivity index (χ1v) is 6.74. The molecule has 0 saturated heterocycles. The summed E-state index contributed by atoms with van der Waals surface area (Å²) in [5, 5.41) is 3.70. The van der Waals surface area contributed by atoms with Crippen LogP contribution in [0.1, 0.15) is 36.8 Å². The van der Waals surface area contributed by atoms with E-state index in [1.54, 1.807) is 0 Å². The van der Waals surface area contributed by atoms with E-state index in [1.807, 2.05) is 0 Å². The molecule has 3 N–H and O–H groups in total. The van der Waals surface area contributed by atoms with Gasteiger partial charge in [0.1, 0.15) is 0 Å². The molecule has 0 spiro atoms. The lowest BCUT2D eigenvalue weighted by molar-refractivity contribution is 0.332. The van der Waals surface area contributed by atoms with Crippen molar-refractivity contribution in [3.63, 3.8) is 0 Å². The van der Waals surface area contributed by atoms with E-state index >= 15 is 0 Å². The van der Waals surface area contributed by atoms with Crippen molar-refractivity contribution in [2.75, 3.05) is 11.9 Å². The molecule has 2 nitrogen and oxygen atoms in total. The van der Waals surface area contributed by atoms with Crippen molar-refractivity contribution in [2.24, 2.45) is 11.7 Å². The van der Waals surface area contributed by atoms with Crippen molar-refractivity contribution in [1.29, 1.82) is 0 Å². The van der Waals surface area contributed by atoms with E-state index in [2.05, 4.69) is 37.4 Å². The Hall–Kier alpha value is -1.02. The third-order valence-electron chi connectivity index (χ3n) is 3.93. The number of hydrogen-bond donors (Lipinski definition) is 2. The summed E-state index contributed by atoms with van der Waals surface area (Å²) < 4.78 is 0. The summed E-state index contributed by atoms with van der Waals surface area (Å²) >= 11 is 0. The third kappa shape index (κ3) is 3.01. The molecule has 17 heavy (non-hydrogen) atoms. The highest BCUT2D eigenvalue weighted by Crippen LogP contribution is 2.27. The molecule has 0 amide bonds. The Morgan fingerprint density at radius 2 is 2.00 bits per heavy atom. The van der Waals surface area contributed by atoms with Gasteiger partial charge in [0.15, 0.2) is 0 Å². The summed E-state index contributed by atoms with van der Waals surface area (Å²) in [6.07, 6.45) is 5.21. The normalized spacial score (nSPS) is 24.6. The maximum absolute atomic E-state index is 5.87. The van der Waals surface area contributed by atoms with Crippen molar-refractivity contribution in [3.8, 4) is 0 Å². The van der Waals surface area contributed by atoms with Crippen molar-refractivity contribution < 1.29 is 0 Å². The van der Waals surface area contributed by atoms with Crippen LogP contribution in [0.15, 0.2) is 18.2 Å². The van der Waals surface area contributed by atoms with Crippen LogP contribution in [-0.4, -0.2) is 12.6 Å². The summed E-state index contributed by atoms with van der Waals surface area (Å²) in [5.74, 6) is 0.643. The number of nitrogens with two attached hydrogens (primary N) is 1. The molecule has 0 heterocycles. The average Bonchev–Trinajstić information content (AvgIpc) is 2.33. The maximum atomic E-state index is 5.87. The molecular weight excluding hydrogens is 208 g/mol. The molecule has 0 bridgehead atoms. The maximum Gasteiger partial charge on any atom is 0.0372 e. The van der Waals surface area contributed by atoms with Gasteiger partial charge in [0.2, 0.25) is 0 Å². The Balaban J connectivity index is 2.08. The smallest absolute Gasteiger partial charge is 0.0372 e. The summed E-state index contributed by atoms with van der Waals surface area (Å²) in [6, 6.07) is 7.18. The van der Waals surface area contributed by atoms with Gasteiger partial charge in [-0.2, -0.15) is 0 Å². The zero-order valence-corrected chi connectivity index (χ0v) is 11.0. The fourth-order valence-corrected chi connectivity index (χ4v) is 2.86. The van der Waals surface area contributed by atoms with Crippen molar-refractivity contribution in [3.05, 3.63) is 29.3 Å². The van der Waals surface area contributed by atoms with Crippen LogP contribution >= 0.6 is 0 Å². The van der Waals surface area contributed by atoms with Gasteiger partial charge < -0.3 is 11.1 Å². The second kappa shape index (κ2) is 5.54. The van der Waals surface area contributed by atoms with Crippen LogP contribution in [0.2, 0.25) is 0 Å². The summed E-state index contributed by atoms with van der Waals surface area (Å²) in [7, 11) is 0. The SMILES string of the molecule is Cc1ccc(NC2CCCCC2CN)c(C)c1. The van der Waals surface area contributed by atoms with Crippen molar-refractivity contribution >= 4 is 5.69 Å². The monoisotopic (exact) mass is 232 g/mol. The molecule has 94 valence electrons. The zero-order chi connectivity index (χ0) is 12.3. The Kier molecular flexibility index (Phi) is 4.06. The van der Waals surface area contributed by atoms with Crippen LogP contribution in [-0.2, 0) is 0 Å². The minimum absolute atomic E-state index is 0.565. The second-order valence-corrected chi connectivity index (χ2v) is 5.35. The fourth-order valence-electron chi connectivity index (χ4n) is 2.86. The van der Waals surface area contributed by atoms with Crippen LogP contribution in [0, 0.1) is 19.8 Å². The second-order valence-electron chi connectivity index (χ2n) is 5.35. The molecule has 0 radical (unpaired) electrons. The lowest BCUT2D eigenvalue weighted by Crippen LogP contribution is -2.36. The van der Waals surface area contributed by atoms with Crippen LogP contribution in [0.3, 0.4) is 0 Å². The number of hydrogen-bond acceptors (Lipinski definition) is 2. The molecule has 2 atom stereocenters. The Bertz CT molecular complexity index is 373. The van der Waals surface area contributed by atoms with Gasteiger partial charge in [0, 0.05) is 11.7 Å². The van der Waals surface area contributed by atoms with Gasteiger partial charge in [-0.3, -0.25) is 0 Å². The van der Waals surface area contributed by atoms with Crippen LogP contribution in [0.5, 0.6) is 0 Å². The van der Waals surface area contributed by atoms with Gasteiger partial charge in [-0.25, -0.2) is 0 Å². The molecule has 2 unspecified atom stereocenters. The molecule has 2 heteroatoms. The number of anilines is 1. The lowest BCUT2D eigenvalue weighted by Gasteiger charge is -2.32. The van der Waals surface area contributed by atoms with E-state index in [0.29, 0.717) is 12.0 Å². The zero-order valence-electron chi connectivity index (χ0n) is 11.0. The Morgan fingerprint density at radius 1 is 1.24 bits per heavy atom. The van der Waals surface area contributed by atoms with Crippen molar-refractivity contribution in [1.82, 2.24) is 0 Å². The average molecular weight is 232 g/mol. The van der Waals surface area contributed by atoms with Crippen LogP contribution < -0.4 is 11.1 Å². The van der Waals surface area contributed by atoms with E-state index in [9.17, 15) is 0 Å². The number of nitrogens with one attached hydrogen (secondary N) is 1. The topological polar surface area (TPSA) is 38.0 Å². The van der Waals surface area contributed by atoms with E-state index in [-0.39, 0.29) is 0 Å². The molecule has 1 aliphatic carbocycles. The van der Waals surface area contributed by atoms with Gasteiger partial charge >= 0.3 is 0 Å². The highest BCUT2D eigenvalue weighted by molar-refractivity contribution is 5.52. The van der Waals surface area contributed by atoms with E-state index < -0.39 is 0 Å². The minimum Gasteiger partial charge on any atom is -0.382 e. The summed E-state index contributed by atoms with van der Waals surface area (Å²) in [5.41, 5.74) is 9.81. The Morgan fingerprint density at radius 3 is 2.71 bits per heavy atom. The largest absolute Gasteiger partial charge is 0.382 e. The highest BCUT2D eigenvalue weighted by atomic mass is 14.9. The number of aryl methyl sites for hydroxylation is 2. The highest BCUT2D eigenvalue weighted by Gasteiger charge is 2.23. The third-order valence-corrected chi connectivity index (χ3v) is 3.93. The van der Waals surface area contributed by atoms with Gasteiger partial charge in [-0.05, 0) is 50.8 Å². The molecule has 1 aromatic rings. The molecule has 1 aliphatic rings. The summed E-state index contributed by atoms with van der Waals surface area (Å²) in [6.45, 7) is 5.12. The number of benzene rings is 1. The van der Waals surface area contributed by atoms with Gasteiger partial charge in [-0.15, -0.1) is 0 Å². The predicted octanol–water partition coefficient (Wildman–Crippen LogP) is 3.23. The van der Waals surface area contributed by atoms with Crippen molar-refractivity contribution in [2.45, 2.75) is 45.6 Å². The fraction of sp³-hybridized carbons (Fsp3) is 0.600. The number of rotatable bonds is 3. The van der Waals surface area contributed by atoms with Crippen LogP contribution in [0.25, 0.3) is 0 Å². The molecule has 2 rings (SSSR count). The van der Waals surface area contributed by atoms with Gasteiger partial charge in [-0.1, -0.05) is 30.5 Å². The molecular formula is C15H24N2. The van der Waals surface area contributed by atoms with Crippen LogP contribution in [0.4, 0.5) is 5.69 Å². The predicted molar refractivity (Wildman–Crippen MR) is 74.3 cm³/mol. The molecule has 1 fully saturated rings. The molecule has 1 saturated carbocycles. The van der Waals surface area contributed by atoms with E-state index in [1.165, 1.54) is 42.5 Å². The van der Waals surface area contributed by atoms with E-state index in [0.717, 1.165) is 6.54 Å². The first-order valence-electron chi connectivity index (χ1n) is 6.74. The van der Waals surface area contributed by atoms with Gasteiger partial charge in [0.05, 0.1) is 0 Å². The Labute approximate surface area is 105 Å². The quantitative estimate of drug-likeness (QED) is 0.839. The first kappa shape index (κ1) is 12.4.